The van der Waals surface area contributed by atoms with Gasteiger partial charge in [-0.1, -0.05) is 12.1 Å². The normalized spacial score (nSPS) is 15.5. The van der Waals surface area contributed by atoms with Gasteiger partial charge in [-0.15, -0.1) is 11.3 Å². The van der Waals surface area contributed by atoms with E-state index in [2.05, 4.69) is 70.1 Å². The molecule has 3 rings (SSSR count). The van der Waals surface area contributed by atoms with E-state index in [0.29, 0.717) is 0 Å². The molecule has 1 fully saturated rings. The van der Waals surface area contributed by atoms with Crippen LogP contribution in [-0.4, -0.2) is 55.6 Å². The van der Waals surface area contributed by atoms with Crippen molar-refractivity contribution in [1.29, 1.82) is 0 Å². The molecule has 1 aliphatic heterocycles. The number of rotatable bonds is 4. The predicted molar refractivity (Wildman–Crippen MR) is 112 cm³/mol. The number of thiazole rings is 1. The second-order valence-electron chi connectivity index (χ2n) is 6.78. The van der Waals surface area contributed by atoms with Gasteiger partial charge in [-0.05, 0) is 38.5 Å². The summed E-state index contributed by atoms with van der Waals surface area (Å²) in [5.74, 6) is 1.01. The molecule has 5 nitrogen and oxygen atoms in total. The SMILES string of the molecule is CN=C(NCCc1sc(C)nc1C)N1CCN(c2cccc(C)c2)CC1. The van der Waals surface area contributed by atoms with Crippen LogP contribution in [0.4, 0.5) is 5.69 Å². The maximum atomic E-state index is 4.51. The number of nitrogens with one attached hydrogen (secondary N) is 1. The Bertz CT molecular complexity index is 759. The summed E-state index contributed by atoms with van der Waals surface area (Å²) >= 11 is 1.80. The number of aryl methyl sites for hydroxylation is 3. The molecule has 1 aliphatic rings. The maximum absolute atomic E-state index is 4.51. The van der Waals surface area contributed by atoms with Gasteiger partial charge in [0.25, 0.3) is 0 Å². The molecule has 2 heterocycles. The summed E-state index contributed by atoms with van der Waals surface area (Å²) in [5, 5.41) is 4.67. The number of aromatic nitrogens is 1. The lowest BCUT2D eigenvalue weighted by Crippen LogP contribution is -2.52. The van der Waals surface area contributed by atoms with Gasteiger partial charge in [-0.3, -0.25) is 4.99 Å². The van der Waals surface area contributed by atoms with E-state index in [1.54, 1.807) is 11.3 Å². The summed E-state index contributed by atoms with van der Waals surface area (Å²) in [6.07, 6.45) is 1.000. The zero-order valence-electron chi connectivity index (χ0n) is 16.2. The summed E-state index contributed by atoms with van der Waals surface area (Å²) in [4.78, 5) is 15.2. The fraction of sp³-hybridized carbons (Fsp3) is 0.500. The Hall–Kier alpha value is -2.08. The van der Waals surface area contributed by atoms with E-state index in [0.717, 1.165) is 55.8 Å². The molecule has 1 saturated heterocycles. The van der Waals surface area contributed by atoms with Gasteiger partial charge in [-0.2, -0.15) is 0 Å². The van der Waals surface area contributed by atoms with E-state index in [9.17, 15) is 0 Å². The minimum Gasteiger partial charge on any atom is -0.368 e. The smallest absolute Gasteiger partial charge is 0.193 e. The molecule has 0 spiro atoms. The van der Waals surface area contributed by atoms with Crippen molar-refractivity contribution >= 4 is 23.0 Å². The van der Waals surface area contributed by atoms with E-state index in [1.165, 1.54) is 16.1 Å². The fourth-order valence-electron chi connectivity index (χ4n) is 3.43. The Morgan fingerprint density at radius 1 is 1.19 bits per heavy atom. The average molecular weight is 372 g/mol. The first-order chi connectivity index (χ1) is 12.6. The number of aliphatic imine (C=N–C) groups is 1. The van der Waals surface area contributed by atoms with Crippen LogP contribution >= 0.6 is 11.3 Å². The average Bonchev–Trinajstić information content (AvgIpc) is 2.96. The zero-order valence-corrected chi connectivity index (χ0v) is 17.1. The van der Waals surface area contributed by atoms with Gasteiger partial charge >= 0.3 is 0 Å². The van der Waals surface area contributed by atoms with E-state index in [1.807, 2.05) is 7.05 Å². The number of guanidine groups is 1. The molecule has 26 heavy (non-hydrogen) atoms. The lowest BCUT2D eigenvalue weighted by molar-refractivity contribution is 0.373. The largest absolute Gasteiger partial charge is 0.368 e. The molecule has 0 aliphatic carbocycles. The van der Waals surface area contributed by atoms with Crippen LogP contribution in [0.3, 0.4) is 0 Å². The molecular formula is C20H29N5S. The number of nitrogens with zero attached hydrogens (tertiary/aromatic N) is 4. The molecule has 0 atom stereocenters. The van der Waals surface area contributed by atoms with E-state index in [4.69, 9.17) is 0 Å². The van der Waals surface area contributed by atoms with E-state index < -0.39 is 0 Å². The summed E-state index contributed by atoms with van der Waals surface area (Å²) in [6, 6.07) is 8.76. The van der Waals surface area contributed by atoms with E-state index >= 15 is 0 Å². The van der Waals surface area contributed by atoms with Crippen LogP contribution in [0.25, 0.3) is 0 Å². The first-order valence-corrected chi connectivity index (χ1v) is 10.1. The summed E-state index contributed by atoms with van der Waals surface area (Å²) in [5.41, 5.74) is 3.80. The van der Waals surface area contributed by atoms with Gasteiger partial charge in [-0.25, -0.2) is 4.98 Å². The number of hydrogen-bond acceptors (Lipinski definition) is 4. The number of benzene rings is 1. The standard InChI is InChI=1S/C20H29N5S/c1-15-6-5-7-18(14-15)24-10-12-25(13-11-24)20(21-4)22-9-8-19-16(2)23-17(3)26-19/h5-7,14H,8-13H2,1-4H3,(H,21,22). The molecule has 1 aromatic heterocycles. The molecule has 0 unspecified atom stereocenters. The van der Waals surface area contributed by atoms with Crippen LogP contribution in [0, 0.1) is 20.8 Å². The highest BCUT2D eigenvalue weighted by Gasteiger charge is 2.19. The lowest BCUT2D eigenvalue weighted by Gasteiger charge is -2.37. The van der Waals surface area contributed by atoms with Gasteiger partial charge in [0.2, 0.25) is 0 Å². The lowest BCUT2D eigenvalue weighted by atomic mass is 10.2. The molecule has 0 bridgehead atoms. The van der Waals surface area contributed by atoms with Gasteiger partial charge in [0.1, 0.15) is 0 Å². The van der Waals surface area contributed by atoms with Gasteiger partial charge < -0.3 is 15.1 Å². The van der Waals surface area contributed by atoms with Crippen LogP contribution < -0.4 is 10.2 Å². The van der Waals surface area contributed by atoms with Crippen LogP contribution in [-0.2, 0) is 6.42 Å². The predicted octanol–water partition coefficient (Wildman–Crippen LogP) is 3.01. The zero-order chi connectivity index (χ0) is 18.5. The Labute approximate surface area is 160 Å². The van der Waals surface area contributed by atoms with Crippen molar-refractivity contribution in [2.75, 3.05) is 44.7 Å². The molecule has 0 radical (unpaired) electrons. The Balaban J connectivity index is 1.50. The first kappa shape index (κ1) is 18.7. The van der Waals surface area contributed by atoms with Crippen molar-refractivity contribution in [2.45, 2.75) is 27.2 Å². The van der Waals surface area contributed by atoms with Crippen LogP contribution in [0.5, 0.6) is 0 Å². The van der Waals surface area contributed by atoms with Crippen molar-refractivity contribution in [2.24, 2.45) is 4.99 Å². The van der Waals surface area contributed by atoms with Crippen LogP contribution in [0.2, 0.25) is 0 Å². The molecule has 0 saturated carbocycles. The number of piperazine rings is 1. The van der Waals surface area contributed by atoms with Crippen LogP contribution in [0.15, 0.2) is 29.3 Å². The molecule has 6 heteroatoms. The van der Waals surface area contributed by atoms with Gasteiger partial charge in [0.15, 0.2) is 5.96 Å². The molecular weight excluding hydrogens is 342 g/mol. The van der Waals surface area contributed by atoms with E-state index in [-0.39, 0.29) is 0 Å². The third kappa shape index (κ3) is 4.55. The molecule has 1 N–H and O–H groups in total. The van der Waals surface area contributed by atoms with Gasteiger partial charge in [0.05, 0.1) is 10.7 Å². The molecule has 2 aromatic rings. The summed E-state index contributed by atoms with van der Waals surface area (Å²) < 4.78 is 0. The summed E-state index contributed by atoms with van der Waals surface area (Å²) in [7, 11) is 1.87. The molecule has 0 amide bonds. The maximum Gasteiger partial charge on any atom is 0.193 e. The van der Waals surface area contributed by atoms with Crippen molar-refractivity contribution < 1.29 is 0 Å². The number of anilines is 1. The Kier molecular flexibility index (Phi) is 6.14. The third-order valence-electron chi connectivity index (χ3n) is 4.79. The topological polar surface area (TPSA) is 43.8 Å². The monoisotopic (exact) mass is 371 g/mol. The van der Waals surface area contributed by atoms with Crippen LogP contribution in [0.1, 0.15) is 21.1 Å². The first-order valence-electron chi connectivity index (χ1n) is 9.27. The molecule has 140 valence electrons. The van der Waals surface area contributed by atoms with Gasteiger partial charge in [0, 0.05) is 56.8 Å². The van der Waals surface area contributed by atoms with Crippen molar-refractivity contribution in [1.82, 2.24) is 15.2 Å². The fourth-order valence-corrected chi connectivity index (χ4v) is 4.36. The third-order valence-corrected chi connectivity index (χ3v) is 5.93. The van der Waals surface area contributed by atoms with Crippen molar-refractivity contribution in [3.05, 3.63) is 45.4 Å². The summed E-state index contributed by atoms with van der Waals surface area (Å²) in [6.45, 7) is 11.2. The highest BCUT2D eigenvalue weighted by Crippen LogP contribution is 2.18. The molecule has 1 aromatic carbocycles. The highest BCUT2D eigenvalue weighted by atomic mass is 32.1. The second-order valence-corrected chi connectivity index (χ2v) is 8.07. The Morgan fingerprint density at radius 3 is 2.58 bits per heavy atom. The highest BCUT2D eigenvalue weighted by molar-refractivity contribution is 7.11. The second kappa shape index (κ2) is 8.54. The quantitative estimate of drug-likeness (QED) is 0.663. The number of hydrogen-bond donors (Lipinski definition) is 1. The van der Waals surface area contributed by atoms with Crippen molar-refractivity contribution in [3.63, 3.8) is 0 Å². The Morgan fingerprint density at radius 2 is 1.96 bits per heavy atom. The van der Waals surface area contributed by atoms with Crippen molar-refractivity contribution in [3.8, 4) is 0 Å². The minimum atomic E-state index is 0.896. The minimum absolute atomic E-state index is 0.896.